The third-order valence-corrected chi connectivity index (χ3v) is 3.36. The van der Waals surface area contributed by atoms with Gasteiger partial charge in [0.25, 0.3) is 0 Å². The van der Waals surface area contributed by atoms with Crippen molar-refractivity contribution in [2.75, 3.05) is 11.9 Å². The summed E-state index contributed by atoms with van der Waals surface area (Å²) in [5, 5.41) is 15.9. The van der Waals surface area contributed by atoms with Crippen molar-refractivity contribution < 1.29 is 4.92 Å². The number of thiophene rings is 1. The first kappa shape index (κ1) is 13.4. The van der Waals surface area contributed by atoms with E-state index in [2.05, 4.69) is 15.3 Å². The average molecular weight is 278 g/mol. The van der Waals surface area contributed by atoms with E-state index in [9.17, 15) is 10.1 Å². The largest absolute Gasteiger partial charge is 0.354 e. The molecular weight excluding hydrogens is 264 g/mol. The summed E-state index contributed by atoms with van der Waals surface area (Å²) >= 11 is 1.54. The third-order valence-electron chi connectivity index (χ3n) is 2.50. The van der Waals surface area contributed by atoms with E-state index in [0.29, 0.717) is 11.6 Å². The van der Waals surface area contributed by atoms with E-state index >= 15 is 0 Å². The molecule has 0 bridgehead atoms. The minimum atomic E-state index is -0.452. The van der Waals surface area contributed by atoms with Gasteiger partial charge in [0.2, 0.25) is 5.95 Å². The van der Waals surface area contributed by atoms with Crippen LogP contribution in [0.2, 0.25) is 0 Å². The predicted molar refractivity (Wildman–Crippen MR) is 75.5 cm³/mol. The number of anilines is 1. The first-order valence-corrected chi connectivity index (χ1v) is 6.80. The minimum Gasteiger partial charge on any atom is -0.354 e. The van der Waals surface area contributed by atoms with Crippen molar-refractivity contribution in [3.8, 4) is 11.3 Å². The molecule has 0 unspecified atom stereocenters. The zero-order chi connectivity index (χ0) is 13.8. The summed E-state index contributed by atoms with van der Waals surface area (Å²) < 4.78 is 0. The fourth-order valence-corrected chi connectivity index (χ4v) is 2.30. The topological polar surface area (TPSA) is 81.0 Å². The Morgan fingerprint density at radius 3 is 2.89 bits per heavy atom. The molecule has 1 N–H and O–H groups in total. The second-order valence-corrected chi connectivity index (χ2v) is 5.17. The molecule has 2 aromatic rings. The van der Waals surface area contributed by atoms with Gasteiger partial charge in [-0.15, -0.1) is 11.3 Å². The number of hydrogen-bond donors (Lipinski definition) is 1. The standard InChI is InChI=1S/C12H14N4O2S/c1-3-4-13-12-14-6-10(16(17)18)11(15-12)9-5-8(2)19-7-9/h5-7H,3-4H2,1-2H3,(H,13,14,15). The lowest BCUT2D eigenvalue weighted by Gasteiger charge is -2.05. The van der Waals surface area contributed by atoms with Crippen LogP contribution in [0.3, 0.4) is 0 Å². The number of rotatable bonds is 5. The van der Waals surface area contributed by atoms with Crippen LogP contribution in [0.4, 0.5) is 11.6 Å². The Balaban J connectivity index is 2.44. The van der Waals surface area contributed by atoms with Crippen molar-refractivity contribution in [2.45, 2.75) is 20.3 Å². The monoisotopic (exact) mass is 278 g/mol. The number of nitro groups is 1. The number of aryl methyl sites for hydroxylation is 1. The van der Waals surface area contributed by atoms with Crippen LogP contribution in [-0.2, 0) is 0 Å². The molecule has 0 atom stereocenters. The fraction of sp³-hybridized carbons (Fsp3) is 0.333. The molecule has 19 heavy (non-hydrogen) atoms. The zero-order valence-electron chi connectivity index (χ0n) is 10.7. The van der Waals surface area contributed by atoms with Gasteiger partial charge < -0.3 is 5.32 Å². The molecule has 0 spiro atoms. The Morgan fingerprint density at radius 1 is 1.53 bits per heavy atom. The molecule has 0 fully saturated rings. The molecule has 0 saturated carbocycles. The maximum absolute atomic E-state index is 11.0. The van der Waals surface area contributed by atoms with E-state index in [-0.39, 0.29) is 5.69 Å². The van der Waals surface area contributed by atoms with Crippen LogP contribution in [-0.4, -0.2) is 21.4 Å². The molecule has 6 nitrogen and oxygen atoms in total. The van der Waals surface area contributed by atoms with Crippen LogP contribution in [0.25, 0.3) is 11.3 Å². The summed E-state index contributed by atoms with van der Waals surface area (Å²) in [6.07, 6.45) is 2.20. The van der Waals surface area contributed by atoms with E-state index in [4.69, 9.17) is 0 Å². The van der Waals surface area contributed by atoms with Crippen molar-refractivity contribution in [1.29, 1.82) is 0 Å². The van der Waals surface area contributed by atoms with Gasteiger partial charge in [-0.3, -0.25) is 10.1 Å². The highest BCUT2D eigenvalue weighted by molar-refractivity contribution is 7.10. The van der Waals surface area contributed by atoms with E-state index in [1.54, 1.807) is 0 Å². The van der Waals surface area contributed by atoms with E-state index in [1.165, 1.54) is 17.5 Å². The Labute approximate surface area is 114 Å². The summed E-state index contributed by atoms with van der Waals surface area (Å²) in [6.45, 7) is 4.72. The SMILES string of the molecule is CCCNc1ncc([N+](=O)[O-])c(-c2csc(C)c2)n1. The maximum Gasteiger partial charge on any atom is 0.313 e. The molecule has 0 aliphatic heterocycles. The van der Waals surface area contributed by atoms with Gasteiger partial charge >= 0.3 is 5.69 Å². The van der Waals surface area contributed by atoms with Crippen molar-refractivity contribution in [1.82, 2.24) is 9.97 Å². The number of aromatic nitrogens is 2. The lowest BCUT2D eigenvalue weighted by Crippen LogP contribution is -2.06. The second kappa shape index (κ2) is 5.75. The smallest absolute Gasteiger partial charge is 0.313 e. The summed E-state index contributed by atoms with van der Waals surface area (Å²) in [7, 11) is 0. The summed E-state index contributed by atoms with van der Waals surface area (Å²) in [5.41, 5.74) is 1.05. The second-order valence-electron chi connectivity index (χ2n) is 4.06. The van der Waals surface area contributed by atoms with Crippen molar-refractivity contribution in [3.63, 3.8) is 0 Å². The van der Waals surface area contributed by atoms with Crippen molar-refractivity contribution >= 4 is 23.0 Å². The molecule has 2 aromatic heterocycles. The fourth-order valence-electron chi connectivity index (χ4n) is 1.61. The molecule has 0 aliphatic rings. The Hall–Kier alpha value is -2.02. The van der Waals surface area contributed by atoms with Crippen LogP contribution in [0.15, 0.2) is 17.6 Å². The van der Waals surface area contributed by atoms with Crippen LogP contribution >= 0.6 is 11.3 Å². The molecule has 100 valence electrons. The van der Waals surface area contributed by atoms with Gasteiger partial charge in [-0.2, -0.15) is 0 Å². The zero-order valence-corrected chi connectivity index (χ0v) is 11.5. The van der Waals surface area contributed by atoms with Crippen molar-refractivity contribution in [2.24, 2.45) is 0 Å². The van der Waals surface area contributed by atoms with Gasteiger partial charge in [0.05, 0.1) is 4.92 Å². The van der Waals surface area contributed by atoms with Crippen LogP contribution in [0.1, 0.15) is 18.2 Å². The molecule has 0 radical (unpaired) electrons. The lowest BCUT2D eigenvalue weighted by molar-refractivity contribution is -0.384. The number of nitrogens with one attached hydrogen (secondary N) is 1. The van der Waals surface area contributed by atoms with Gasteiger partial charge in [0.1, 0.15) is 6.20 Å². The van der Waals surface area contributed by atoms with Gasteiger partial charge in [-0.05, 0) is 19.4 Å². The number of hydrogen-bond acceptors (Lipinski definition) is 6. The summed E-state index contributed by atoms with van der Waals surface area (Å²) in [5.74, 6) is 0.423. The molecule has 0 aromatic carbocycles. The normalized spacial score (nSPS) is 10.4. The molecule has 0 saturated heterocycles. The Bertz CT molecular complexity index is 597. The first-order valence-electron chi connectivity index (χ1n) is 5.92. The van der Waals surface area contributed by atoms with Crippen molar-refractivity contribution in [3.05, 3.63) is 32.6 Å². The third kappa shape index (κ3) is 3.05. The van der Waals surface area contributed by atoms with Crippen LogP contribution < -0.4 is 5.32 Å². The highest BCUT2D eigenvalue weighted by Gasteiger charge is 2.19. The van der Waals surface area contributed by atoms with E-state index < -0.39 is 4.92 Å². The maximum atomic E-state index is 11.0. The van der Waals surface area contributed by atoms with Crippen LogP contribution in [0, 0.1) is 17.0 Å². The van der Waals surface area contributed by atoms with E-state index in [1.807, 2.05) is 25.3 Å². The highest BCUT2D eigenvalue weighted by Crippen LogP contribution is 2.31. The molecule has 2 heterocycles. The molecular formula is C12H14N4O2S. The minimum absolute atomic E-state index is 0.0696. The Morgan fingerprint density at radius 2 is 2.32 bits per heavy atom. The van der Waals surface area contributed by atoms with E-state index in [0.717, 1.165) is 23.4 Å². The molecule has 0 aliphatic carbocycles. The molecule has 0 amide bonds. The number of nitrogens with zero attached hydrogens (tertiary/aromatic N) is 3. The predicted octanol–water partition coefficient (Wildman–Crippen LogP) is 3.24. The van der Waals surface area contributed by atoms with Gasteiger partial charge in [0.15, 0.2) is 5.69 Å². The quantitative estimate of drug-likeness (QED) is 0.670. The summed E-state index contributed by atoms with van der Waals surface area (Å²) in [4.78, 5) is 19.9. The molecule has 2 rings (SSSR count). The van der Waals surface area contributed by atoms with Crippen LogP contribution in [0.5, 0.6) is 0 Å². The summed E-state index contributed by atoms with van der Waals surface area (Å²) in [6, 6.07) is 1.89. The van der Waals surface area contributed by atoms with Gasteiger partial charge in [-0.1, -0.05) is 6.92 Å². The average Bonchev–Trinajstić information content (AvgIpc) is 2.82. The first-order chi connectivity index (χ1) is 9.11. The highest BCUT2D eigenvalue weighted by atomic mass is 32.1. The van der Waals surface area contributed by atoms with Gasteiger partial charge in [0, 0.05) is 22.4 Å². The van der Waals surface area contributed by atoms with Gasteiger partial charge in [-0.25, -0.2) is 9.97 Å². The molecule has 7 heteroatoms. The lowest BCUT2D eigenvalue weighted by atomic mass is 10.2. The Kier molecular flexibility index (Phi) is 4.06.